The van der Waals surface area contributed by atoms with Gasteiger partial charge < -0.3 is 14.8 Å². The molecule has 0 fully saturated rings. The number of carbonyl (C=O) groups is 1. The zero-order valence-electron chi connectivity index (χ0n) is 14.7. The number of aromatic nitrogens is 1. The Balaban J connectivity index is 1.61. The third-order valence-electron chi connectivity index (χ3n) is 3.63. The first-order valence-electron chi connectivity index (χ1n) is 7.95. The van der Waals surface area contributed by atoms with E-state index in [0.29, 0.717) is 17.2 Å². The Labute approximate surface area is 174 Å². The van der Waals surface area contributed by atoms with Gasteiger partial charge in [0.15, 0.2) is 4.34 Å². The highest BCUT2D eigenvalue weighted by atomic mass is 79.9. The van der Waals surface area contributed by atoms with Gasteiger partial charge in [0, 0.05) is 21.5 Å². The SMILES string of the molecule is COc1ccc(OC)c(NC(=O)CSc2nc(-c3ccc(Br)cc3)cs2)c1. The minimum atomic E-state index is -0.132. The highest BCUT2D eigenvalue weighted by Gasteiger charge is 2.11. The summed E-state index contributed by atoms with van der Waals surface area (Å²) in [5.41, 5.74) is 2.54. The van der Waals surface area contributed by atoms with Gasteiger partial charge in [0.2, 0.25) is 5.91 Å². The molecule has 0 unspecified atom stereocenters. The molecule has 0 aliphatic carbocycles. The fourth-order valence-corrected chi connectivity index (χ4v) is 4.20. The monoisotopic (exact) mass is 464 g/mol. The first-order chi connectivity index (χ1) is 13.1. The summed E-state index contributed by atoms with van der Waals surface area (Å²) in [7, 11) is 3.14. The maximum Gasteiger partial charge on any atom is 0.234 e. The van der Waals surface area contributed by atoms with Gasteiger partial charge in [0.25, 0.3) is 0 Å². The summed E-state index contributed by atoms with van der Waals surface area (Å²) < 4.78 is 12.3. The van der Waals surface area contributed by atoms with Crippen molar-refractivity contribution in [2.45, 2.75) is 4.34 Å². The normalized spacial score (nSPS) is 10.5. The van der Waals surface area contributed by atoms with Crippen molar-refractivity contribution in [3.8, 4) is 22.8 Å². The van der Waals surface area contributed by atoms with Crippen LogP contribution in [0.2, 0.25) is 0 Å². The number of rotatable bonds is 7. The molecule has 0 spiro atoms. The van der Waals surface area contributed by atoms with Crippen molar-refractivity contribution in [1.29, 1.82) is 0 Å². The van der Waals surface area contributed by atoms with Gasteiger partial charge in [0.1, 0.15) is 11.5 Å². The van der Waals surface area contributed by atoms with E-state index < -0.39 is 0 Å². The van der Waals surface area contributed by atoms with Crippen LogP contribution in [0.4, 0.5) is 5.69 Å². The van der Waals surface area contributed by atoms with Gasteiger partial charge in [-0.1, -0.05) is 39.8 Å². The Morgan fingerprint density at radius 3 is 2.67 bits per heavy atom. The quantitative estimate of drug-likeness (QED) is 0.479. The van der Waals surface area contributed by atoms with Crippen LogP contribution in [0.5, 0.6) is 11.5 Å². The average molecular weight is 465 g/mol. The number of carbonyl (C=O) groups excluding carboxylic acids is 1. The van der Waals surface area contributed by atoms with Crippen LogP contribution in [0.25, 0.3) is 11.3 Å². The highest BCUT2D eigenvalue weighted by Crippen LogP contribution is 2.31. The van der Waals surface area contributed by atoms with Crippen LogP contribution in [-0.2, 0) is 4.79 Å². The van der Waals surface area contributed by atoms with Crippen LogP contribution in [0.1, 0.15) is 0 Å². The molecule has 2 aromatic carbocycles. The molecule has 0 atom stereocenters. The van der Waals surface area contributed by atoms with E-state index in [0.717, 1.165) is 20.1 Å². The Kier molecular flexibility index (Phi) is 6.76. The van der Waals surface area contributed by atoms with Crippen molar-refractivity contribution in [3.63, 3.8) is 0 Å². The van der Waals surface area contributed by atoms with Crippen molar-refractivity contribution >= 4 is 50.6 Å². The number of nitrogens with zero attached hydrogens (tertiary/aromatic N) is 1. The number of thiazole rings is 1. The zero-order valence-corrected chi connectivity index (χ0v) is 17.9. The summed E-state index contributed by atoms with van der Waals surface area (Å²) >= 11 is 6.36. The molecule has 0 saturated carbocycles. The smallest absolute Gasteiger partial charge is 0.234 e. The molecule has 0 aliphatic heterocycles. The minimum absolute atomic E-state index is 0.132. The molecule has 1 N–H and O–H groups in total. The van der Waals surface area contributed by atoms with E-state index in [1.807, 2.05) is 29.6 Å². The molecule has 27 heavy (non-hydrogen) atoms. The van der Waals surface area contributed by atoms with E-state index >= 15 is 0 Å². The third kappa shape index (κ3) is 5.24. The molecule has 0 aliphatic rings. The van der Waals surface area contributed by atoms with Gasteiger partial charge in [-0.25, -0.2) is 4.98 Å². The minimum Gasteiger partial charge on any atom is -0.497 e. The molecule has 140 valence electrons. The lowest BCUT2D eigenvalue weighted by atomic mass is 10.2. The number of halogens is 1. The van der Waals surface area contributed by atoms with Crippen LogP contribution in [-0.4, -0.2) is 30.9 Å². The van der Waals surface area contributed by atoms with Crippen molar-refractivity contribution in [2.75, 3.05) is 25.3 Å². The molecular formula is C19H17BrN2O3S2. The number of hydrogen-bond donors (Lipinski definition) is 1. The maximum atomic E-state index is 12.3. The Hall–Kier alpha value is -2.03. The molecule has 0 bridgehead atoms. The summed E-state index contributed by atoms with van der Waals surface area (Å²) in [4.78, 5) is 16.9. The van der Waals surface area contributed by atoms with Crippen molar-refractivity contribution in [3.05, 3.63) is 52.3 Å². The number of thioether (sulfide) groups is 1. The number of hydrogen-bond acceptors (Lipinski definition) is 6. The molecule has 1 heterocycles. The van der Waals surface area contributed by atoms with Crippen LogP contribution in [0.3, 0.4) is 0 Å². The Bertz CT molecular complexity index is 929. The largest absolute Gasteiger partial charge is 0.497 e. The van der Waals surface area contributed by atoms with E-state index in [-0.39, 0.29) is 11.7 Å². The predicted octanol–water partition coefficient (Wildman–Crippen LogP) is 5.32. The lowest BCUT2D eigenvalue weighted by molar-refractivity contribution is -0.113. The van der Waals surface area contributed by atoms with Gasteiger partial charge >= 0.3 is 0 Å². The predicted molar refractivity (Wildman–Crippen MR) is 114 cm³/mol. The van der Waals surface area contributed by atoms with Crippen molar-refractivity contribution < 1.29 is 14.3 Å². The van der Waals surface area contributed by atoms with E-state index in [1.54, 1.807) is 32.4 Å². The molecule has 0 radical (unpaired) electrons. The lowest BCUT2D eigenvalue weighted by Crippen LogP contribution is -2.14. The Morgan fingerprint density at radius 1 is 1.19 bits per heavy atom. The van der Waals surface area contributed by atoms with Gasteiger partial charge in [-0.05, 0) is 24.3 Å². The summed E-state index contributed by atoms with van der Waals surface area (Å²) in [6.07, 6.45) is 0. The van der Waals surface area contributed by atoms with Gasteiger partial charge in [0.05, 0.1) is 31.4 Å². The second-order valence-corrected chi connectivity index (χ2v) is 8.40. The summed E-state index contributed by atoms with van der Waals surface area (Å²) in [6, 6.07) is 13.3. The van der Waals surface area contributed by atoms with E-state index in [4.69, 9.17) is 9.47 Å². The van der Waals surface area contributed by atoms with E-state index in [1.165, 1.54) is 23.1 Å². The molecule has 1 aromatic heterocycles. The molecule has 8 heteroatoms. The number of benzene rings is 2. The lowest BCUT2D eigenvalue weighted by Gasteiger charge is -2.11. The topological polar surface area (TPSA) is 60.5 Å². The summed E-state index contributed by atoms with van der Waals surface area (Å²) in [5.74, 6) is 1.36. The highest BCUT2D eigenvalue weighted by molar-refractivity contribution is 9.10. The average Bonchev–Trinajstić information content (AvgIpc) is 3.16. The maximum absolute atomic E-state index is 12.3. The molecule has 5 nitrogen and oxygen atoms in total. The third-order valence-corrected chi connectivity index (χ3v) is 6.18. The second-order valence-electron chi connectivity index (χ2n) is 5.41. The van der Waals surface area contributed by atoms with Crippen LogP contribution in [0, 0.1) is 0 Å². The number of nitrogens with one attached hydrogen (secondary N) is 1. The van der Waals surface area contributed by atoms with Gasteiger partial charge in [-0.2, -0.15) is 0 Å². The van der Waals surface area contributed by atoms with E-state index in [9.17, 15) is 4.79 Å². The first-order valence-corrected chi connectivity index (χ1v) is 10.6. The Morgan fingerprint density at radius 2 is 1.96 bits per heavy atom. The number of amides is 1. The summed E-state index contributed by atoms with van der Waals surface area (Å²) in [6.45, 7) is 0. The fraction of sp³-hybridized carbons (Fsp3) is 0.158. The number of methoxy groups -OCH3 is 2. The second kappa shape index (κ2) is 9.25. The van der Waals surface area contributed by atoms with Crippen LogP contribution < -0.4 is 14.8 Å². The van der Waals surface area contributed by atoms with E-state index in [2.05, 4.69) is 26.2 Å². The van der Waals surface area contributed by atoms with Crippen molar-refractivity contribution in [1.82, 2.24) is 4.98 Å². The van der Waals surface area contributed by atoms with Gasteiger partial charge in [-0.3, -0.25) is 4.79 Å². The van der Waals surface area contributed by atoms with Crippen LogP contribution >= 0.6 is 39.0 Å². The standard InChI is InChI=1S/C19H17BrN2O3S2/c1-24-14-7-8-17(25-2)15(9-14)21-18(23)11-27-19-22-16(10-26-19)12-3-5-13(20)6-4-12/h3-10H,11H2,1-2H3,(H,21,23). The molecule has 0 saturated heterocycles. The molecular weight excluding hydrogens is 448 g/mol. The first kappa shape index (κ1) is 19.7. The summed E-state index contributed by atoms with van der Waals surface area (Å²) in [5, 5.41) is 4.85. The van der Waals surface area contributed by atoms with Crippen molar-refractivity contribution in [2.24, 2.45) is 0 Å². The number of anilines is 1. The number of ether oxygens (including phenoxy) is 2. The molecule has 1 amide bonds. The fourth-order valence-electron chi connectivity index (χ4n) is 2.30. The van der Waals surface area contributed by atoms with Gasteiger partial charge in [-0.15, -0.1) is 11.3 Å². The zero-order chi connectivity index (χ0) is 19.2. The van der Waals surface area contributed by atoms with Crippen LogP contribution in [0.15, 0.2) is 56.7 Å². The molecule has 3 rings (SSSR count). The molecule has 3 aromatic rings.